The second kappa shape index (κ2) is 7.63. The van der Waals surface area contributed by atoms with Crippen molar-refractivity contribution in [3.63, 3.8) is 0 Å². The van der Waals surface area contributed by atoms with Gasteiger partial charge in [-0.3, -0.25) is 4.79 Å². The van der Waals surface area contributed by atoms with E-state index in [0.717, 1.165) is 13.1 Å². The average Bonchev–Trinajstić information content (AvgIpc) is 3.69. The zero-order chi connectivity index (χ0) is 20.5. The van der Waals surface area contributed by atoms with Crippen LogP contribution in [0.3, 0.4) is 0 Å². The molecular weight excluding hydrogens is 380 g/mol. The number of imidazole rings is 1. The third-order valence-corrected chi connectivity index (χ3v) is 5.37. The molecule has 0 atom stereocenters. The first-order valence-electron chi connectivity index (χ1n) is 10.2. The van der Waals surface area contributed by atoms with Crippen LogP contribution in [0.15, 0.2) is 30.6 Å². The minimum absolute atomic E-state index is 0.103. The lowest BCUT2D eigenvalue weighted by atomic mass is 10.2. The minimum atomic E-state index is -0.103. The predicted molar refractivity (Wildman–Crippen MR) is 113 cm³/mol. The number of nitrogens with zero attached hydrogens (tertiary/aromatic N) is 5. The lowest BCUT2D eigenvalue weighted by Gasteiger charge is -2.10. The molecule has 30 heavy (non-hydrogen) atoms. The maximum absolute atomic E-state index is 12.2. The van der Waals surface area contributed by atoms with Gasteiger partial charge in [-0.25, -0.2) is 9.97 Å². The van der Waals surface area contributed by atoms with E-state index in [1.54, 1.807) is 18.3 Å². The quantitative estimate of drug-likeness (QED) is 0.500. The maximum atomic E-state index is 12.2. The van der Waals surface area contributed by atoms with Crippen LogP contribution in [0, 0.1) is 18.4 Å². The summed E-state index contributed by atoms with van der Waals surface area (Å²) in [6.07, 6.45) is 7.94. The third-order valence-electron chi connectivity index (χ3n) is 5.37. The van der Waals surface area contributed by atoms with Crippen molar-refractivity contribution in [1.82, 2.24) is 24.9 Å². The first-order valence-corrected chi connectivity index (χ1v) is 10.2. The molecule has 2 aliphatic carbocycles. The van der Waals surface area contributed by atoms with Crippen LogP contribution >= 0.6 is 0 Å². The van der Waals surface area contributed by atoms with Gasteiger partial charge in [-0.2, -0.15) is 0 Å². The predicted octanol–water partition coefficient (Wildman–Crippen LogP) is 3.38. The number of rotatable bonds is 8. The zero-order valence-corrected chi connectivity index (χ0v) is 16.4. The zero-order valence-electron chi connectivity index (χ0n) is 16.4. The molecule has 0 aliphatic heterocycles. The first kappa shape index (κ1) is 18.4. The molecule has 0 saturated heterocycles. The SMILES string of the molecule is [C-]#[N+]c1cnc2c(Nc3ccc(C(=O)NCC4CC4)cn3)cc(NCC3CC3)nn12. The molecule has 2 fully saturated rings. The largest absolute Gasteiger partial charge is 0.367 e. The van der Waals surface area contributed by atoms with E-state index in [1.807, 2.05) is 6.07 Å². The van der Waals surface area contributed by atoms with Gasteiger partial charge in [-0.1, -0.05) is 11.7 Å². The molecule has 0 radical (unpaired) electrons. The Hall–Kier alpha value is -3.67. The van der Waals surface area contributed by atoms with Crippen LogP contribution in [-0.4, -0.2) is 38.6 Å². The van der Waals surface area contributed by atoms with Crippen molar-refractivity contribution in [3.05, 3.63) is 47.6 Å². The van der Waals surface area contributed by atoms with Crippen LogP contribution in [0.1, 0.15) is 36.0 Å². The summed E-state index contributed by atoms with van der Waals surface area (Å²) in [5, 5.41) is 14.0. The molecule has 0 aromatic carbocycles. The molecule has 5 rings (SSSR count). The minimum Gasteiger partial charge on any atom is -0.367 e. The number of amides is 1. The Balaban J connectivity index is 1.36. The fourth-order valence-electron chi connectivity index (χ4n) is 3.18. The van der Waals surface area contributed by atoms with Crippen molar-refractivity contribution in [2.24, 2.45) is 11.8 Å². The number of hydrogen-bond acceptors (Lipinski definition) is 6. The summed E-state index contributed by atoms with van der Waals surface area (Å²) in [6, 6.07) is 5.38. The van der Waals surface area contributed by atoms with Crippen molar-refractivity contribution in [3.8, 4) is 0 Å². The van der Waals surface area contributed by atoms with E-state index in [9.17, 15) is 4.79 Å². The second-order valence-electron chi connectivity index (χ2n) is 7.94. The molecule has 3 heterocycles. The van der Waals surface area contributed by atoms with Gasteiger partial charge in [0.2, 0.25) is 0 Å². The number of pyridine rings is 1. The van der Waals surface area contributed by atoms with Crippen molar-refractivity contribution in [1.29, 1.82) is 0 Å². The molecule has 2 saturated carbocycles. The van der Waals surface area contributed by atoms with E-state index >= 15 is 0 Å². The number of carbonyl (C=O) groups is 1. The number of fused-ring (bicyclic) bond motifs is 1. The fraction of sp³-hybridized carbons (Fsp3) is 0.381. The Labute approximate surface area is 173 Å². The van der Waals surface area contributed by atoms with Crippen molar-refractivity contribution in [2.75, 3.05) is 23.7 Å². The molecule has 3 N–H and O–H groups in total. The summed E-state index contributed by atoms with van der Waals surface area (Å²) in [5.41, 5.74) is 1.77. The summed E-state index contributed by atoms with van der Waals surface area (Å²) < 4.78 is 1.53. The molecule has 9 nitrogen and oxygen atoms in total. The molecule has 1 amide bonds. The van der Waals surface area contributed by atoms with E-state index in [0.29, 0.717) is 46.2 Å². The smallest absolute Gasteiger partial charge is 0.275 e. The Morgan fingerprint density at radius 2 is 1.90 bits per heavy atom. The second-order valence-corrected chi connectivity index (χ2v) is 7.94. The highest BCUT2D eigenvalue weighted by molar-refractivity contribution is 5.94. The van der Waals surface area contributed by atoms with Crippen LogP contribution in [0.4, 0.5) is 23.1 Å². The summed E-state index contributed by atoms with van der Waals surface area (Å²) in [4.78, 5) is 24.4. The molecule has 0 bridgehead atoms. The van der Waals surface area contributed by atoms with Gasteiger partial charge >= 0.3 is 0 Å². The van der Waals surface area contributed by atoms with Gasteiger partial charge in [-0.05, 0) is 49.7 Å². The number of aromatic nitrogens is 4. The van der Waals surface area contributed by atoms with Crippen molar-refractivity contribution < 1.29 is 4.79 Å². The van der Waals surface area contributed by atoms with E-state index < -0.39 is 0 Å². The highest BCUT2D eigenvalue weighted by Crippen LogP contribution is 2.30. The van der Waals surface area contributed by atoms with E-state index in [2.05, 4.69) is 35.9 Å². The van der Waals surface area contributed by atoms with Gasteiger partial charge in [0.15, 0.2) is 5.82 Å². The van der Waals surface area contributed by atoms with Crippen molar-refractivity contribution >= 4 is 34.7 Å². The molecule has 3 aromatic rings. The number of hydrogen-bond donors (Lipinski definition) is 3. The maximum Gasteiger partial charge on any atom is 0.275 e. The number of nitrogens with one attached hydrogen (secondary N) is 3. The van der Waals surface area contributed by atoms with Gasteiger partial charge in [0.25, 0.3) is 17.4 Å². The molecule has 0 unspecified atom stereocenters. The highest BCUT2D eigenvalue weighted by Gasteiger charge is 2.23. The molecule has 0 spiro atoms. The van der Waals surface area contributed by atoms with Crippen LogP contribution in [0.5, 0.6) is 0 Å². The van der Waals surface area contributed by atoms with E-state index in [4.69, 9.17) is 6.57 Å². The van der Waals surface area contributed by atoms with E-state index in [-0.39, 0.29) is 5.91 Å². The Bertz CT molecular complexity index is 1120. The van der Waals surface area contributed by atoms with Crippen molar-refractivity contribution in [2.45, 2.75) is 25.7 Å². The number of anilines is 3. The van der Waals surface area contributed by atoms with Gasteiger partial charge in [0.05, 0.1) is 11.8 Å². The van der Waals surface area contributed by atoms with Crippen LogP contribution in [-0.2, 0) is 0 Å². The van der Waals surface area contributed by atoms with Crippen LogP contribution < -0.4 is 16.0 Å². The highest BCUT2D eigenvalue weighted by atomic mass is 16.1. The summed E-state index contributed by atoms with van der Waals surface area (Å²) >= 11 is 0. The molecule has 9 heteroatoms. The Morgan fingerprint density at radius 3 is 2.60 bits per heavy atom. The lowest BCUT2D eigenvalue weighted by molar-refractivity contribution is 0.0951. The fourth-order valence-corrected chi connectivity index (χ4v) is 3.18. The number of carbonyl (C=O) groups excluding carboxylic acids is 1. The average molecular weight is 402 g/mol. The molecular formula is C21H22N8O. The van der Waals surface area contributed by atoms with Gasteiger partial charge < -0.3 is 20.8 Å². The molecule has 152 valence electrons. The molecule has 3 aromatic heterocycles. The van der Waals surface area contributed by atoms with E-state index in [1.165, 1.54) is 36.4 Å². The summed E-state index contributed by atoms with van der Waals surface area (Å²) in [7, 11) is 0. The third kappa shape index (κ3) is 4.03. The molecule has 2 aliphatic rings. The van der Waals surface area contributed by atoms with Gasteiger partial charge in [-0.15, -0.1) is 4.52 Å². The Morgan fingerprint density at radius 1 is 1.10 bits per heavy atom. The van der Waals surface area contributed by atoms with Crippen LogP contribution in [0.25, 0.3) is 10.5 Å². The normalized spacial score (nSPS) is 15.6. The summed E-state index contributed by atoms with van der Waals surface area (Å²) in [5.74, 6) is 2.84. The Kier molecular flexibility index (Phi) is 4.67. The monoisotopic (exact) mass is 402 g/mol. The topological polar surface area (TPSA) is 101 Å². The van der Waals surface area contributed by atoms with Gasteiger partial charge in [0.1, 0.15) is 11.5 Å². The first-order chi connectivity index (χ1) is 14.7. The van der Waals surface area contributed by atoms with Gasteiger partial charge in [0, 0.05) is 25.4 Å². The standard InChI is InChI=1S/C21H22N8O/c1-22-19-12-25-20-16(8-18(28-29(19)20)23-9-13-2-3-13)27-17-7-6-15(11-24-17)21(30)26-10-14-4-5-14/h6-8,11-14H,2-5,9-10H2,(H,23,28)(H,24,27)(H,26,30). The lowest BCUT2D eigenvalue weighted by Crippen LogP contribution is -2.25. The van der Waals surface area contributed by atoms with Crippen LogP contribution in [0.2, 0.25) is 0 Å². The summed E-state index contributed by atoms with van der Waals surface area (Å²) in [6.45, 7) is 8.94.